The smallest absolute Gasteiger partial charge is 0.201 e. The quantitative estimate of drug-likeness (QED) is 0.861. The molecule has 0 spiro atoms. The third-order valence-corrected chi connectivity index (χ3v) is 3.96. The Morgan fingerprint density at radius 2 is 2.28 bits per heavy atom. The van der Waals surface area contributed by atoms with Crippen LogP contribution in [-0.4, -0.2) is 34.6 Å². The predicted molar refractivity (Wildman–Crippen MR) is 74.9 cm³/mol. The molecule has 4 nitrogen and oxygen atoms in total. The number of rotatable bonds is 1. The number of benzene rings is 1. The van der Waals surface area contributed by atoms with Crippen LogP contribution in [0.3, 0.4) is 0 Å². The van der Waals surface area contributed by atoms with Gasteiger partial charge in [0.05, 0.1) is 16.1 Å². The number of para-hydroxylation sites is 1. The van der Waals surface area contributed by atoms with E-state index in [0.29, 0.717) is 12.0 Å². The molecule has 1 aliphatic rings. The number of halogens is 1. The summed E-state index contributed by atoms with van der Waals surface area (Å²) in [6, 6.07) is 6.14. The van der Waals surface area contributed by atoms with Gasteiger partial charge in [-0.1, -0.05) is 17.7 Å². The average Bonchev–Trinajstić information content (AvgIpc) is 2.67. The van der Waals surface area contributed by atoms with Crippen molar-refractivity contribution >= 4 is 28.6 Å². The Labute approximate surface area is 111 Å². The number of fused-ring (bicyclic) bond motifs is 1. The second kappa shape index (κ2) is 4.44. The molecule has 2 heterocycles. The van der Waals surface area contributed by atoms with Gasteiger partial charge in [-0.3, -0.25) is 0 Å². The summed E-state index contributed by atoms with van der Waals surface area (Å²) in [4.78, 5) is 6.74. The minimum atomic E-state index is 0.369. The number of nitrogens with zero attached hydrogens (tertiary/aromatic N) is 3. The molecule has 1 fully saturated rings. The third-order valence-electron chi connectivity index (χ3n) is 3.65. The Morgan fingerprint density at radius 1 is 1.44 bits per heavy atom. The van der Waals surface area contributed by atoms with Crippen molar-refractivity contribution in [2.24, 2.45) is 0 Å². The van der Waals surface area contributed by atoms with Gasteiger partial charge >= 0.3 is 0 Å². The maximum absolute atomic E-state index is 6.30. The third kappa shape index (κ3) is 1.85. The van der Waals surface area contributed by atoms with Gasteiger partial charge in [0.15, 0.2) is 0 Å². The van der Waals surface area contributed by atoms with Crippen LogP contribution in [0, 0.1) is 0 Å². The Hall–Kier alpha value is -1.26. The number of likely N-dealkylation sites (N-methyl/N-ethyl adjacent to an activating group) is 1. The number of hydrogen-bond acceptors (Lipinski definition) is 3. The van der Waals surface area contributed by atoms with Crippen molar-refractivity contribution in [3.63, 3.8) is 0 Å². The molecular weight excluding hydrogens is 248 g/mol. The number of likely N-dealkylation sites (tertiary alicyclic amines) is 1. The average molecular weight is 265 g/mol. The number of hydrogen-bond donors (Lipinski definition) is 1. The number of aromatic nitrogens is 2. The van der Waals surface area contributed by atoms with E-state index in [1.807, 2.05) is 18.2 Å². The van der Waals surface area contributed by atoms with E-state index in [0.717, 1.165) is 35.6 Å². The Kier molecular flexibility index (Phi) is 2.92. The zero-order valence-electron chi connectivity index (χ0n) is 10.4. The normalized spacial score (nSPS) is 21.6. The Morgan fingerprint density at radius 3 is 3.06 bits per heavy atom. The standard InChI is InChI=1S/C13H17ClN4/c1-17-7-3-4-9(8-17)18-12-10(14)5-2-6-11(12)16-13(18)15/h2,5-6,9H,3-4,7-8H2,1H3,(H2,15,16). The van der Waals surface area contributed by atoms with E-state index in [4.69, 9.17) is 17.3 Å². The molecule has 0 bridgehead atoms. The molecule has 96 valence electrons. The van der Waals surface area contributed by atoms with E-state index >= 15 is 0 Å². The molecule has 0 saturated carbocycles. The summed E-state index contributed by atoms with van der Waals surface area (Å²) < 4.78 is 2.10. The van der Waals surface area contributed by atoms with E-state index in [9.17, 15) is 0 Å². The van der Waals surface area contributed by atoms with Gasteiger partial charge in [0.1, 0.15) is 0 Å². The lowest BCUT2D eigenvalue weighted by atomic mass is 10.1. The molecule has 1 aliphatic heterocycles. The van der Waals surface area contributed by atoms with Crippen LogP contribution < -0.4 is 5.73 Å². The number of anilines is 1. The monoisotopic (exact) mass is 264 g/mol. The molecule has 1 atom stereocenters. The summed E-state index contributed by atoms with van der Waals surface area (Å²) in [6.07, 6.45) is 2.32. The van der Waals surface area contributed by atoms with Crippen LogP contribution in [0.2, 0.25) is 5.02 Å². The van der Waals surface area contributed by atoms with Crippen LogP contribution in [0.15, 0.2) is 18.2 Å². The van der Waals surface area contributed by atoms with Crippen molar-refractivity contribution in [1.82, 2.24) is 14.5 Å². The molecule has 1 aromatic carbocycles. The Bertz CT molecular complexity index is 578. The molecule has 3 rings (SSSR count). The highest BCUT2D eigenvalue weighted by molar-refractivity contribution is 6.35. The van der Waals surface area contributed by atoms with Crippen LogP contribution in [0.1, 0.15) is 18.9 Å². The fourth-order valence-corrected chi connectivity index (χ4v) is 3.10. The molecular formula is C13H17ClN4. The van der Waals surface area contributed by atoms with Crippen LogP contribution >= 0.6 is 11.6 Å². The molecule has 5 heteroatoms. The van der Waals surface area contributed by atoms with Crippen molar-refractivity contribution < 1.29 is 0 Å². The zero-order valence-corrected chi connectivity index (χ0v) is 11.2. The first kappa shape index (κ1) is 11.8. The second-order valence-electron chi connectivity index (χ2n) is 5.01. The van der Waals surface area contributed by atoms with E-state index < -0.39 is 0 Å². The number of imidazole rings is 1. The van der Waals surface area contributed by atoms with Gasteiger partial charge in [-0.05, 0) is 38.6 Å². The highest BCUT2D eigenvalue weighted by Gasteiger charge is 2.23. The number of piperidine rings is 1. The summed E-state index contributed by atoms with van der Waals surface area (Å²) in [7, 11) is 2.14. The molecule has 0 radical (unpaired) electrons. The van der Waals surface area contributed by atoms with Gasteiger partial charge in [0.2, 0.25) is 5.95 Å². The second-order valence-corrected chi connectivity index (χ2v) is 5.41. The summed E-state index contributed by atoms with van der Waals surface area (Å²) in [6.45, 7) is 2.15. The van der Waals surface area contributed by atoms with Crippen molar-refractivity contribution in [2.75, 3.05) is 25.9 Å². The molecule has 18 heavy (non-hydrogen) atoms. The van der Waals surface area contributed by atoms with Crippen LogP contribution in [0.4, 0.5) is 5.95 Å². The number of nitrogens with two attached hydrogens (primary N) is 1. The van der Waals surface area contributed by atoms with Gasteiger partial charge in [0.25, 0.3) is 0 Å². The van der Waals surface area contributed by atoms with Crippen LogP contribution in [0.5, 0.6) is 0 Å². The van der Waals surface area contributed by atoms with Crippen LogP contribution in [-0.2, 0) is 0 Å². The fraction of sp³-hybridized carbons (Fsp3) is 0.462. The topological polar surface area (TPSA) is 47.1 Å². The van der Waals surface area contributed by atoms with Gasteiger partial charge in [-0.15, -0.1) is 0 Å². The van der Waals surface area contributed by atoms with E-state index in [1.165, 1.54) is 6.42 Å². The van der Waals surface area contributed by atoms with Gasteiger partial charge < -0.3 is 15.2 Å². The van der Waals surface area contributed by atoms with Crippen molar-refractivity contribution in [3.05, 3.63) is 23.2 Å². The van der Waals surface area contributed by atoms with E-state index in [2.05, 4.69) is 21.5 Å². The maximum atomic E-state index is 6.30. The summed E-state index contributed by atoms with van der Waals surface area (Å²) in [5, 5.41) is 0.727. The van der Waals surface area contributed by atoms with Crippen molar-refractivity contribution in [2.45, 2.75) is 18.9 Å². The van der Waals surface area contributed by atoms with Gasteiger partial charge in [-0.25, -0.2) is 4.98 Å². The van der Waals surface area contributed by atoms with Crippen LogP contribution in [0.25, 0.3) is 11.0 Å². The highest BCUT2D eigenvalue weighted by atomic mass is 35.5. The molecule has 1 aromatic heterocycles. The Balaban J connectivity index is 2.13. The van der Waals surface area contributed by atoms with Gasteiger partial charge in [0, 0.05) is 12.6 Å². The molecule has 1 saturated heterocycles. The first-order valence-electron chi connectivity index (χ1n) is 6.27. The van der Waals surface area contributed by atoms with E-state index in [-0.39, 0.29) is 0 Å². The molecule has 0 aliphatic carbocycles. The maximum Gasteiger partial charge on any atom is 0.201 e. The molecule has 2 aromatic rings. The summed E-state index contributed by atoms with van der Waals surface area (Å²) in [5.74, 6) is 0.568. The lowest BCUT2D eigenvalue weighted by Gasteiger charge is -2.31. The first-order chi connectivity index (χ1) is 8.66. The van der Waals surface area contributed by atoms with Crippen molar-refractivity contribution in [1.29, 1.82) is 0 Å². The highest BCUT2D eigenvalue weighted by Crippen LogP contribution is 2.32. The fourth-order valence-electron chi connectivity index (χ4n) is 2.84. The largest absolute Gasteiger partial charge is 0.369 e. The lowest BCUT2D eigenvalue weighted by molar-refractivity contribution is 0.216. The summed E-state index contributed by atoms with van der Waals surface area (Å²) >= 11 is 6.30. The lowest BCUT2D eigenvalue weighted by Crippen LogP contribution is -2.34. The molecule has 2 N–H and O–H groups in total. The number of nitrogen functional groups attached to an aromatic ring is 1. The minimum Gasteiger partial charge on any atom is -0.369 e. The van der Waals surface area contributed by atoms with E-state index in [1.54, 1.807) is 0 Å². The minimum absolute atomic E-state index is 0.369. The summed E-state index contributed by atoms with van der Waals surface area (Å²) in [5.41, 5.74) is 7.93. The molecule has 0 amide bonds. The SMILES string of the molecule is CN1CCCC(n2c(N)nc3cccc(Cl)c32)C1. The first-order valence-corrected chi connectivity index (χ1v) is 6.65. The molecule has 1 unspecified atom stereocenters. The van der Waals surface area contributed by atoms with Gasteiger partial charge in [-0.2, -0.15) is 0 Å². The van der Waals surface area contributed by atoms with Crippen molar-refractivity contribution in [3.8, 4) is 0 Å². The predicted octanol–water partition coefficient (Wildman–Crippen LogP) is 2.54. The zero-order chi connectivity index (χ0) is 12.7.